The van der Waals surface area contributed by atoms with Gasteiger partial charge in [0.15, 0.2) is 0 Å². The van der Waals surface area contributed by atoms with Crippen molar-refractivity contribution in [1.29, 1.82) is 0 Å². The zero-order valence-corrected chi connectivity index (χ0v) is 15.2. The normalized spacial score (nSPS) is 11.7. The molecule has 1 heterocycles. The number of carbonyl (C=O) groups excluding carboxylic acids is 1. The van der Waals surface area contributed by atoms with Crippen LogP contribution in [0.25, 0.3) is 0 Å². The Morgan fingerprint density at radius 1 is 1.15 bits per heavy atom. The molecule has 7 heteroatoms. The van der Waals surface area contributed by atoms with Gasteiger partial charge in [0.2, 0.25) is 0 Å². The molecule has 134 valence electrons. The molecule has 1 unspecified atom stereocenters. The molecule has 1 atom stereocenters. The molecule has 0 aliphatic heterocycles. The van der Waals surface area contributed by atoms with Crippen LogP contribution in [-0.4, -0.2) is 22.7 Å². The van der Waals surface area contributed by atoms with Crippen LogP contribution in [-0.2, 0) is 7.05 Å². The van der Waals surface area contributed by atoms with Crippen molar-refractivity contribution in [3.05, 3.63) is 77.3 Å². The van der Waals surface area contributed by atoms with Crippen molar-refractivity contribution >= 4 is 23.3 Å². The smallest absolute Gasteiger partial charge is 0.320 e. The van der Waals surface area contributed by atoms with Gasteiger partial charge in [-0.25, -0.2) is 9.78 Å². The predicted molar refractivity (Wildman–Crippen MR) is 102 cm³/mol. The number of nitrogens with one attached hydrogen (secondary N) is 2. The highest BCUT2D eigenvalue weighted by molar-refractivity contribution is 6.30. The van der Waals surface area contributed by atoms with Gasteiger partial charge in [0.25, 0.3) is 0 Å². The molecule has 0 aliphatic carbocycles. The summed E-state index contributed by atoms with van der Waals surface area (Å²) in [5, 5.41) is 6.38. The second-order valence-corrected chi connectivity index (χ2v) is 6.14. The van der Waals surface area contributed by atoms with E-state index in [1.54, 1.807) is 37.6 Å². The minimum absolute atomic E-state index is 0.337. The van der Waals surface area contributed by atoms with E-state index in [1.807, 2.05) is 42.1 Å². The molecule has 2 N–H and O–H groups in total. The molecule has 26 heavy (non-hydrogen) atoms. The van der Waals surface area contributed by atoms with E-state index in [4.69, 9.17) is 16.3 Å². The lowest BCUT2D eigenvalue weighted by Gasteiger charge is -2.20. The zero-order valence-electron chi connectivity index (χ0n) is 14.4. The average Bonchev–Trinajstić information content (AvgIpc) is 3.07. The van der Waals surface area contributed by atoms with E-state index in [0.717, 1.165) is 17.1 Å². The van der Waals surface area contributed by atoms with E-state index in [9.17, 15) is 4.79 Å². The topological polar surface area (TPSA) is 68.2 Å². The third-order valence-electron chi connectivity index (χ3n) is 3.94. The number of nitrogens with zero attached hydrogens (tertiary/aromatic N) is 2. The number of ether oxygens (including phenoxy) is 1. The van der Waals surface area contributed by atoms with Gasteiger partial charge in [0.1, 0.15) is 17.6 Å². The molecule has 6 nitrogen and oxygen atoms in total. The van der Waals surface area contributed by atoms with Crippen molar-refractivity contribution in [2.45, 2.75) is 6.04 Å². The Kier molecular flexibility index (Phi) is 5.43. The summed E-state index contributed by atoms with van der Waals surface area (Å²) in [7, 11) is 3.50. The van der Waals surface area contributed by atoms with Gasteiger partial charge in [-0.15, -0.1) is 0 Å². The fraction of sp³-hybridized carbons (Fsp3) is 0.158. The monoisotopic (exact) mass is 370 g/mol. The van der Waals surface area contributed by atoms with Crippen LogP contribution in [0.15, 0.2) is 60.9 Å². The maximum absolute atomic E-state index is 12.5. The van der Waals surface area contributed by atoms with Crippen molar-refractivity contribution < 1.29 is 9.53 Å². The lowest BCUT2D eigenvalue weighted by atomic mass is 10.1. The van der Waals surface area contributed by atoms with Gasteiger partial charge >= 0.3 is 6.03 Å². The summed E-state index contributed by atoms with van der Waals surface area (Å²) in [5.41, 5.74) is 1.55. The van der Waals surface area contributed by atoms with Crippen LogP contribution in [0, 0.1) is 0 Å². The number of aryl methyl sites for hydroxylation is 1. The molecular formula is C19H19ClN4O2. The molecule has 0 aliphatic rings. The molecule has 0 radical (unpaired) electrons. The number of anilines is 1. The second-order valence-electron chi connectivity index (χ2n) is 5.71. The van der Waals surface area contributed by atoms with Gasteiger partial charge in [0, 0.05) is 30.2 Å². The first-order valence-electron chi connectivity index (χ1n) is 8.01. The number of carbonyl (C=O) groups is 1. The van der Waals surface area contributed by atoms with Crippen molar-refractivity contribution in [2.24, 2.45) is 7.05 Å². The van der Waals surface area contributed by atoms with Gasteiger partial charge in [-0.3, -0.25) is 0 Å². The summed E-state index contributed by atoms with van der Waals surface area (Å²) < 4.78 is 7.07. The Morgan fingerprint density at radius 3 is 2.42 bits per heavy atom. The van der Waals surface area contributed by atoms with Gasteiger partial charge < -0.3 is 19.9 Å². The number of imidazole rings is 1. The number of rotatable bonds is 5. The second kappa shape index (κ2) is 7.93. The zero-order chi connectivity index (χ0) is 18.5. The Bertz CT molecular complexity index is 875. The molecule has 0 bridgehead atoms. The maximum atomic E-state index is 12.5. The number of aromatic nitrogens is 2. The largest absolute Gasteiger partial charge is 0.497 e. The summed E-state index contributed by atoms with van der Waals surface area (Å²) in [6, 6.07) is 13.7. The summed E-state index contributed by atoms with van der Waals surface area (Å²) in [4.78, 5) is 16.9. The van der Waals surface area contributed by atoms with Gasteiger partial charge in [-0.2, -0.15) is 0 Å². The standard InChI is InChI=1S/C19H19ClN4O2/c1-24-12-11-21-18(24)17(13-3-9-16(26-2)10-4-13)23-19(25)22-15-7-5-14(20)6-8-15/h3-12,17H,1-2H3,(H2,22,23,25). The first kappa shape index (κ1) is 17.8. The van der Waals surface area contributed by atoms with E-state index in [0.29, 0.717) is 10.7 Å². The van der Waals surface area contributed by atoms with E-state index in [1.165, 1.54) is 0 Å². The van der Waals surface area contributed by atoms with Crippen LogP contribution in [0.4, 0.5) is 10.5 Å². The molecule has 0 spiro atoms. The van der Waals surface area contributed by atoms with Crippen molar-refractivity contribution in [3.8, 4) is 5.75 Å². The Balaban J connectivity index is 1.82. The van der Waals surface area contributed by atoms with Gasteiger partial charge in [-0.05, 0) is 42.0 Å². The Morgan fingerprint density at radius 2 is 1.85 bits per heavy atom. The van der Waals surface area contributed by atoms with Crippen LogP contribution in [0.3, 0.4) is 0 Å². The fourth-order valence-corrected chi connectivity index (χ4v) is 2.71. The summed E-state index contributed by atoms with van der Waals surface area (Å²) in [5.74, 6) is 1.47. The minimum atomic E-state index is -0.409. The maximum Gasteiger partial charge on any atom is 0.320 e. The lowest BCUT2D eigenvalue weighted by Crippen LogP contribution is -2.34. The number of urea groups is 1. The van der Waals surface area contributed by atoms with Crippen LogP contribution in [0.1, 0.15) is 17.4 Å². The third-order valence-corrected chi connectivity index (χ3v) is 4.20. The summed E-state index contributed by atoms with van der Waals surface area (Å²) in [6.45, 7) is 0. The number of hydrogen-bond acceptors (Lipinski definition) is 3. The lowest BCUT2D eigenvalue weighted by molar-refractivity contribution is 0.249. The van der Waals surface area contributed by atoms with Crippen molar-refractivity contribution in [1.82, 2.24) is 14.9 Å². The van der Waals surface area contributed by atoms with Crippen LogP contribution in [0.5, 0.6) is 5.75 Å². The van der Waals surface area contributed by atoms with Crippen molar-refractivity contribution in [2.75, 3.05) is 12.4 Å². The highest BCUT2D eigenvalue weighted by atomic mass is 35.5. The highest BCUT2D eigenvalue weighted by Crippen LogP contribution is 2.23. The molecule has 0 saturated heterocycles. The van der Waals surface area contributed by atoms with Crippen molar-refractivity contribution in [3.63, 3.8) is 0 Å². The number of benzene rings is 2. The Labute approximate surface area is 156 Å². The predicted octanol–water partition coefficient (Wildman–Crippen LogP) is 3.99. The van der Waals surface area contributed by atoms with Crippen LogP contribution < -0.4 is 15.4 Å². The number of halogens is 1. The molecule has 3 aromatic rings. The number of methoxy groups -OCH3 is 1. The third kappa shape index (κ3) is 4.15. The molecule has 2 amide bonds. The SMILES string of the molecule is COc1ccc(C(NC(=O)Nc2ccc(Cl)cc2)c2nccn2C)cc1. The number of amides is 2. The molecule has 0 saturated carbocycles. The molecule has 0 fully saturated rings. The quantitative estimate of drug-likeness (QED) is 0.713. The summed E-state index contributed by atoms with van der Waals surface area (Å²) in [6.07, 6.45) is 3.54. The average molecular weight is 371 g/mol. The summed E-state index contributed by atoms with van der Waals surface area (Å²) >= 11 is 5.87. The molecule has 2 aromatic carbocycles. The van der Waals surface area contributed by atoms with E-state index in [-0.39, 0.29) is 6.03 Å². The molecule has 3 rings (SSSR count). The van der Waals surface area contributed by atoms with Gasteiger partial charge in [0.05, 0.1) is 7.11 Å². The molecule has 1 aromatic heterocycles. The minimum Gasteiger partial charge on any atom is -0.497 e. The van der Waals surface area contributed by atoms with E-state index >= 15 is 0 Å². The van der Waals surface area contributed by atoms with Crippen LogP contribution in [0.2, 0.25) is 5.02 Å². The fourth-order valence-electron chi connectivity index (χ4n) is 2.58. The van der Waals surface area contributed by atoms with Gasteiger partial charge in [-0.1, -0.05) is 23.7 Å². The number of hydrogen-bond donors (Lipinski definition) is 2. The Hall–Kier alpha value is -2.99. The highest BCUT2D eigenvalue weighted by Gasteiger charge is 2.21. The first-order valence-corrected chi connectivity index (χ1v) is 8.39. The van der Waals surface area contributed by atoms with E-state index in [2.05, 4.69) is 15.6 Å². The first-order chi connectivity index (χ1) is 12.6. The van der Waals surface area contributed by atoms with E-state index < -0.39 is 6.04 Å². The molecular weight excluding hydrogens is 352 g/mol. The van der Waals surface area contributed by atoms with Crippen LogP contribution >= 0.6 is 11.6 Å².